The van der Waals surface area contributed by atoms with Gasteiger partial charge in [0.25, 0.3) is 0 Å². The molecule has 0 bridgehead atoms. The van der Waals surface area contributed by atoms with E-state index in [2.05, 4.69) is 49.0 Å². The van der Waals surface area contributed by atoms with Gasteiger partial charge in [0, 0.05) is 33.3 Å². The van der Waals surface area contributed by atoms with Crippen molar-refractivity contribution in [1.29, 1.82) is 0 Å². The summed E-state index contributed by atoms with van der Waals surface area (Å²) in [6.07, 6.45) is 3.67. The summed E-state index contributed by atoms with van der Waals surface area (Å²) < 4.78 is 6.89. The van der Waals surface area contributed by atoms with Gasteiger partial charge >= 0.3 is 0 Å². The molecular weight excluding hydrogens is 358 g/mol. The van der Waals surface area contributed by atoms with Crippen molar-refractivity contribution in [3.8, 4) is 5.75 Å². The van der Waals surface area contributed by atoms with Crippen LogP contribution in [0, 0.1) is 6.92 Å². The highest BCUT2D eigenvalue weighted by Crippen LogP contribution is 2.26. The smallest absolute Gasteiger partial charge is 0.123 e. The Morgan fingerprint density at radius 1 is 1.22 bits per heavy atom. The highest BCUT2D eigenvalue weighted by atomic mass is 79.9. The second kappa shape index (κ2) is 6.34. The average molecular weight is 371 g/mol. The minimum absolute atomic E-state index is 0.538. The molecule has 0 aliphatic carbocycles. The van der Waals surface area contributed by atoms with Crippen LogP contribution in [0.5, 0.6) is 5.75 Å². The Hall–Kier alpha value is -0.870. The van der Waals surface area contributed by atoms with Crippen LogP contribution in [0.15, 0.2) is 41.1 Å². The third-order valence-corrected chi connectivity index (χ3v) is 3.59. The van der Waals surface area contributed by atoms with Crippen LogP contribution in [-0.4, -0.2) is 4.98 Å². The molecule has 2 aromatic rings. The van der Waals surface area contributed by atoms with Crippen LogP contribution in [0.25, 0.3) is 0 Å². The minimum Gasteiger partial charge on any atom is -0.489 e. The van der Waals surface area contributed by atoms with Crippen LogP contribution in [0.3, 0.4) is 0 Å². The van der Waals surface area contributed by atoms with Crippen molar-refractivity contribution >= 4 is 31.9 Å². The van der Waals surface area contributed by atoms with Gasteiger partial charge in [-0.05, 0) is 36.8 Å². The number of hydrogen-bond acceptors (Lipinski definition) is 2. The Labute approximate surface area is 124 Å². The van der Waals surface area contributed by atoms with E-state index in [1.165, 1.54) is 0 Å². The van der Waals surface area contributed by atoms with Crippen molar-refractivity contribution in [2.24, 2.45) is 0 Å². The van der Waals surface area contributed by atoms with Gasteiger partial charge in [0.2, 0.25) is 0 Å². The largest absolute Gasteiger partial charge is 0.489 e. The van der Waals surface area contributed by atoms with Gasteiger partial charge in [0.15, 0.2) is 0 Å². The lowest BCUT2D eigenvalue weighted by molar-refractivity contribution is 0.303. The third kappa shape index (κ3) is 3.56. The maximum Gasteiger partial charge on any atom is 0.123 e. The normalized spacial score (nSPS) is 10.4. The SMILES string of the molecule is Cc1cncc(COc2ccc(Br)cc2CBr)c1. The van der Waals surface area contributed by atoms with E-state index >= 15 is 0 Å². The Bertz CT molecular complexity index is 543. The molecule has 0 atom stereocenters. The predicted octanol–water partition coefficient (Wildman–Crippen LogP) is 4.63. The van der Waals surface area contributed by atoms with Gasteiger partial charge in [-0.3, -0.25) is 4.98 Å². The van der Waals surface area contributed by atoms with Crippen LogP contribution >= 0.6 is 31.9 Å². The number of benzene rings is 1. The summed E-state index contributed by atoms with van der Waals surface area (Å²) in [4.78, 5) is 4.16. The summed E-state index contributed by atoms with van der Waals surface area (Å²) in [5, 5.41) is 0.772. The molecular formula is C14H13Br2NO. The first-order valence-electron chi connectivity index (χ1n) is 5.57. The lowest BCUT2D eigenvalue weighted by Gasteiger charge is -2.10. The van der Waals surface area contributed by atoms with E-state index in [0.717, 1.165) is 32.2 Å². The molecule has 0 aliphatic heterocycles. The molecule has 0 N–H and O–H groups in total. The van der Waals surface area contributed by atoms with Gasteiger partial charge in [-0.25, -0.2) is 0 Å². The van der Waals surface area contributed by atoms with Gasteiger partial charge in [-0.2, -0.15) is 0 Å². The lowest BCUT2D eigenvalue weighted by atomic mass is 10.2. The van der Waals surface area contributed by atoms with Gasteiger partial charge < -0.3 is 4.74 Å². The molecule has 0 fully saturated rings. The number of ether oxygens (including phenoxy) is 1. The summed E-state index contributed by atoms with van der Waals surface area (Å²) in [6, 6.07) is 8.10. The first-order valence-corrected chi connectivity index (χ1v) is 7.48. The number of rotatable bonds is 4. The van der Waals surface area contributed by atoms with Crippen LogP contribution in [0.1, 0.15) is 16.7 Å². The minimum atomic E-state index is 0.538. The molecule has 94 valence electrons. The molecule has 0 aliphatic rings. The average Bonchev–Trinajstić information content (AvgIpc) is 2.37. The standard InChI is InChI=1S/C14H13Br2NO/c1-10-4-11(8-17-7-10)9-18-14-3-2-13(16)5-12(14)6-15/h2-5,7-8H,6,9H2,1H3. The first kappa shape index (κ1) is 13.6. The number of alkyl halides is 1. The summed E-state index contributed by atoms with van der Waals surface area (Å²) in [7, 11) is 0. The van der Waals surface area contributed by atoms with Crippen LogP contribution in [0.2, 0.25) is 0 Å². The number of halogens is 2. The maximum absolute atomic E-state index is 5.83. The van der Waals surface area contributed by atoms with E-state index in [1.807, 2.05) is 31.5 Å². The van der Waals surface area contributed by atoms with E-state index in [0.29, 0.717) is 6.61 Å². The molecule has 0 saturated carbocycles. The quantitative estimate of drug-likeness (QED) is 0.732. The zero-order valence-corrected chi connectivity index (χ0v) is 13.2. The van der Waals surface area contributed by atoms with Crippen LogP contribution in [-0.2, 0) is 11.9 Å². The van der Waals surface area contributed by atoms with Crippen LogP contribution in [0.4, 0.5) is 0 Å². The van der Waals surface area contributed by atoms with Gasteiger partial charge in [0.1, 0.15) is 12.4 Å². The van der Waals surface area contributed by atoms with E-state index in [-0.39, 0.29) is 0 Å². The summed E-state index contributed by atoms with van der Waals surface area (Å²) in [6.45, 7) is 2.57. The molecule has 4 heteroatoms. The van der Waals surface area contributed by atoms with E-state index < -0.39 is 0 Å². The number of aromatic nitrogens is 1. The monoisotopic (exact) mass is 369 g/mol. The van der Waals surface area contributed by atoms with E-state index in [9.17, 15) is 0 Å². The van der Waals surface area contributed by atoms with Crippen molar-refractivity contribution in [2.45, 2.75) is 18.9 Å². The number of hydrogen-bond donors (Lipinski definition) is 0. The topological polar surface area (TPSA) is 22.1 Å². The molecule has 1 aromatic carbocycles. The van der Waals surface area contributed by atoms with Crippen molar-refractivity contribution in [2.75, 3.05) is 0 Å². The van der Waals surface area contributed by atoms with E-state index in [4.69, 9.17) is 4.74 Å². The fourth-order valence-electron chi connectivity index (χ4n) is 1.65. The Balaban J connectivity index is 2.10. The second-order valence-corrected chi connectivity index (χ2v) is 5.52. The number of nitrogens with zero attached hydrogens (tertiary/aromatic N) is 1. The zero-order valence-electron chi connectivity index (χ0n) is 9.99. The molecule has 0 radical (unpaired) electrons. The van der Waals surface area contributed by atoms with Gasteiger partial charge in [0.05, 0.1) is 0 Å². The second-order valence-electron chi connectivity index (χ2n) is 4.04. The molecule has 0 amide bonds. The molecule has 0 saturated heterocycles. The lowest BCUT2D eigenvalue weighted by Crippen LogP contribution is -1.98. The third-order valence-electron chi connectivity index (χ3n) is 2.49. The molecule has 18 heavy (non-hydrogen) atoms. The maximum atomic E-state index is 5.83. The zero-order chi connectivity index (χ0) is 13.0. The van der Waals surface area contributed by atoms with Crippen molar-refractivity contribution < 1.29 is 4.74 Å². The summed E-state index contributed by atoms with van der Waals surface area (Å²) in [5.41, 5.74) is 3.36. The molecule has 1 aromatic heterocycles. The van der Waals surface area contributed by atoms with Gasteiger partial charge in [-0.15, -0.1) is 0 Å². The number of pyridine rings is 1. The molecule has 0 spiro atoms. The Morgan fingerprint density at radius 2 is 2.06 bits per heavy atom. The van der Waals surface area contributed by atoms with Crippen molar-refractivity contribution in [1.82, 2.24) is 4.98 Å². The predicted molar refractivity (Wildman–Crippen MR) is 80.1 cm³/mol. The fourth-order valence-corrected chi connectivity index (χ4v) is 2.50. The van der Waals surface area contributed by atoms with Gasteiger partial charge in [-0.1, -0.05) is 31.9 Å². The van der Waals surface area contributed by atoms with Crippen molar-refractivity contribution in [3.63, 3.8) is 0 Å². The highest BCUT2D eigenvalue weighted by Gasteiger charge is 2.04. The molecule has 2 nitrogen and oxygen atoms in total. The number of aryl methyl sites for hydroxylation is 1. The molecule has 2 rings (SSSR count). The van der Waals surface area contributed by atoms with Crippen molar-refractivity contribution in [3.05, 3.63) is 57.8 Å². The van der Waals surface area contributed by atoms with E-state index in [1.54, 1.807) is 0 Å². The molecule has 0 unspecified atom stereocenters. The first-order chi connectivity index (χ1) is 8.69. The van der Waals surface area contributed by atoms with Crippen LogP contribution < -0.4 is 4.74 Å². The summed E-state index contributed by atoms with van der Waals surface area (Å²) in [5.74, 6) is 0.900. The molecule has 1 heterocycles. The Morgan fingerprint density at radius 3 is 2.78 bits per heavy atom. The fraction of sp³-hybridized carbons (Fsp3) is 0.214. The summed E-state index contributed by atoms with van der Waals surface area (Å²) >= 11 is 6.92. The Kier molecular flexibility index (Phi) is 4.78. The highest BCUT2D eigenvalue weighted by molar-refractivity contribution is 9.10.